The van der Waals surface area contributed by atoms with E-state index in [1.54, 1.807) is 4.90 Å². The zero-order chi connectivity index (χ0) is 27.4. The van der Waals surface area contributed by atoms with E-state index in [-0.39, 0.29) is 11.9 Å². The summed E-state index contributed by atoms with van der Waals surface area (Å²) in [6, 6.07) is 0. The first-order valence-electron chi connectivity index (χ1n) is 15.6. The predicted molar refractivity (Wildman–Crippen MR) is 160 cm³/mol. The van der Waals surface area contributed by atoms with Gasteiger partial charge in [-0.05, 0) is 57.8 Å². The van der Waals surface area contributed by atoms with E-state index < -0.39 is 0 Å². The topological polar surface area (TPSA) is 46.6 Å². The van der Waals surface area contributed by atoms with Gasteiger partial charge in [0, 0.05) is 26.6 Å². The van der Waals surface area contributed by atoms with Gasteiger partial charge in [-0.25, -0.2) is 0 Å². The van der Waals surface area contributed by atoms with E-state index in [2.05, 4.69) is 23.8 Å². The van der Waals surface area contributed by atoms with Gasteiger partial charge in [0.2, 0.25) is 5.91 Å². The summed E-state index contributed by atoms with van der Waals surface area (Å²) in [6.07, 6.45) is 34.6. The average molecular weight is 520 g/mol. The van der Waals surface area contributed by atoms with E-state index in [0.717, 1.165) is 25.7 Å². The van der Waals surface area contributed by atoms with Crippen LogP contribution >= 0.6 is 0 Å². The van der Waals surface area contributed by atoms with Gasteiger partial charge in [-0.1, -0.05) is 108 Å². The van der Waals surface area contributed by atoms with E-state index in [0.29, 0.717) is 6.42 Å². The molecule has 0 radical (unpaired) electrons. The van der Waals surface area contributed by atoms with Crippen molar-refractivity contribution in [2.24, 2.45) is 0 Å². The number of nitrogens with zero attached hydrogens (tertiary/aromatic N) is 1. The van der Waals surface area contributed by atoms with Crippen LogP contribution in [0, 0.1) is 0 Å². The Bertz CT molecular complexity index is 594. The first-order valence-corrected chi connectivity index (χ1v) is 15.6. The Morgan fingerprint density at radius 1 is 0.595 bits per heavy atom. The van der Waals surface area contributed by atoms with Crippen molar-refractivity contribution in [3.05, 3.63) is 23.8 Å². The number of ether oxygens (including phenoxy) is 1. The summed E-state index contributed by atoms with van der Waals surface area (Å²) in [4.78, 5) is 24.9. The number of amides is 1. The molecule has 0 saturated heterocycles. The molecule has 0 aromatic rings. The molecule has 0 atom stereocenters. The van der Waals surface area contributed by atoms with Crippen LogP contribution in [-0.2, 0) is 14.3 Å². The third kappa shape index (κ3) is 25.8. The van der Waals surface area contributed by atoms with E-state index in [1.165, 1.54) is 128 Å². The maximum Gasteiger partial charge on any atom is 0.305 e. The molecule has 0 bridgehead atoms. The fraction of sp³-hybridized carbons (Fsp3) is 0.818. The molecule has 0 N–H and O–H groups in total. The van der Waals surface area contributed by atoms with Gasteiger partial charge in [-0.15, -0.1) is 0 Å². The number of unbranched alkanes of at least 4 members (excludes halogenated alkanes) is 17. The highest BCUT2D eigenvalue weighted by Gasteiger charge is 2.05. The summed E-state index contributed by atoms with van der Waals surface area (Å²) in [7, 11) is 5.15. The lowest BCUT2D eigenvalue weighted by atomic mass is 9.98. The zero-order valence-electron chi connectivity index (χ0n) is 25.2. The highest BCUT2D eigenvalue weighted by molar-refractivity contribution is 5.87. The van der Waals surface area contributed by atoms with Crippen molar-refractivity contribution in [1.82, 2.24) is 4.90 Å². The normalized spacial score (nSPS) is 11.8. The van der Waals surface area contributed by atoms with Crippen molar-refractivity contribution < 1.29 is 14.3 Å². The van der Waals surface area contributed by atoms with Crippen molar-refractivity contribution >= 4 is 11.9 Å². The maximum atomic E-state index is 12.2. The van der Waals surface area contributed by atoms with Crippen LogP contribution in [0.3, 0.4) is 0 Å². The Labute approximate surface area is 230 Å². The van der Waals surface area contributed by atoms with Gasteiger partial charge in [-0.3, -0.25) is 9.59 Å². The maximum absolute atomic E-state index is 12.2. The van der Waals surface area contributed by atoms with Gasteiger partial charge in [-0.2, -0.15) is 0 Å². The van der Waals surface area contributed by atoms with E-state index in [1.807, 2.05) is 20.2 Å². The van der Waals surface area contributed by atoms with Crippen molar-refractivity contribution in [1.29, 1.82) is 0 Å². The Balaban J connectivity index is 3.74. The van der Waals surface area contributed by atoms with Crippen molar-refractivity contribution in [2.75, 3.05) is 21.2 Å². The Morgan fingerprint density at radius 2 is 1.00 bits per heavy atom. The van der Waals surface area contributed by atoms with Gasteiger partial charge in [0.25, 0.3) is 0 Å². The third-order valence-electron chi connectivity index (χ3n) is 7.13. The molecule has 216 valence electrons. The molecule has 0 aromatic carbocycles. The Morgan fingerprint density at radius 3 is 1.43 bits per heavy atom. The van der Waals surface area contributed by atoms with Gasteiger partial charge in [0.05, 0.1) is 7.11 Å². The summed E-state index contributed by atoms with van der Waals surface area (Å²) < 4.78 is 4.66. The van der Waals surface area contributed by atoms with Gasteiger partial charge in [0.15, 0.2) is 0 Å². The number of methoxy groups -OCH3 is 1. The summed E-state index contributed by atoms with van der Waals surface area (Å²) in [5.74, 6) is 0.0539. The number of likely N-dealkylation sites (N-methyl/N-ethyl adjacent to an activating group) is 1. The zero-order valence-corrected chi connectivity index (χ0v) is 25.2. The van der Waals surface area contributed by atoms with Gasteiger partial charge < -0.3 is 9.64 Å². The lowest BCUT2D eigenvalue weighted by Gasteiger charge is -2.11. The molecule has 0 saturated carbocycles. The molecular weight excluding hydrogens is 458 g/mol. The quantitative estimate of drug-likeness (QED) is 0.0494. The molecule has 4 nitrogen and oxygen atoms in total. The van der Waals surface area contributed by atoms with Crippen LogP contribution < -0.4 is 0 Å². The standard InChI is InChI=1S/C33H61NO3/c1-5-6-7-8-18-21-24-27-31(30-32(35)34(2)3)28-25-22-19-16-14-12-10-9-11-13-15-17-20-23-26-29-33(36)37-4/h9,11,30H,5-8,10,12-29H2,1-4H3. The summed E-state index contributed by atoms with van der Waals surface area (Å²) in [6.45, 7) is 2.27. The number of carbonyl (C=O) groups excluding carboxylic acids is 2. The van der Waals surface area contributed by atoms with Crippen LogP contribution in [0.2, 0.25) is 0 Å². The molecule has 0 fully saturated rings. The Hall–Kier alpha value is -1.58. The lowest BCUT2D eigenvalue weighted by Crippen LogP contribution is -2.19. The summed E-state index contributed by atoms with van der Waals surface area (Å²) in [5.41, 5.74) is 1.36. The molecule has 0 aliphatic rings. The molecule has 0 unspecified atom stereocenters. The second-order valence-corrected chi connectivity index (χ2v) is 10.9. The Kier molecular flexibility index (Phi) is 26.3. The second kappa shape index (κ2) is 27.5. The monoisotopic (exact) mass is 519 g/mol. The smallest absolute Gasteiger partial charge is 0.305 e. The number of allylic oxidation sites excluding steroid dienone is 3. The second-order valence-electron chi connectivity index (χ2n) is 10.9. The number of esters is 1. The first-order chi connectivity index (χ1) is 18.0. The first kappa shape index (κ1) is 35.4. The molecule has 0 spiro atoms. The van der Waals surface area contributed by atoms with Crippen LogP contribution in [0.15, 0.2) is 23.8 Å². The molecule has 4 heteroatoms. The molecule has 1 amide bonds. The minimum absolute atomic E-state index is 0.0865. The number of hydrogen-bond donors (Lipinski definition) is 0. The number of rotatable bonds is 26. The number of hydrogen-bond acceptors (Lipinski definition) is 3. The molecule has 0 aliphatic heterocycles. The minimum Gasteiger partial charge on any atom is -0.469 e. The highest BCUT2D eigenvalue weighted by atomic mass is 16.5. The van der Waals surface area contributed by atoms with Crippen LogP contribution in [0.25, 0.3) is 0 Å². The third-order valence-corrected chi connectivity index (χ3v) is 7.13. The fourth-order valence-electron chi connectivity index (χ4n) is 4.60. The molecule has 0 aliphatic carbocycles. The minimum atomic E-state index is -0.0865. The fourth-order valence-corrected chi connectivity index (χ4v) is 4.60. The van der Waals surface area contributed by atoms with Crippen LogP contribution in [0.1, 0.15) is 155 Å². The molecule has 0 heterocycles. The largest absolute Gasteiger partial charge is 0.469 e. The van der Waals surface area contributed by atoms with Crippen LogP contribution in [0.4, 0.5) is 0 Å². The van der Waals surface area contributed by atoms with E-state index >= 15 is 0 Å². The van der Waals surface area contributed by atoms with E-state index in [4.69, 9.17) is 0 Å². The average Bonchev–Trinajstić information content (AvgIpc) is 2.89. The summed E-state index contributed by atoms with van der Waals surface area (Å²) >= 11 is 0. The van der Waals surface area contributed by atoms with Gasteiger partial charge in [0.1, 0.15) is 0 Å². The van der Waals surface area contributed by atoms with Crippen LogP contribution in [-0.4, -0.2) is 38.0 Å². The molecule has 0 aromatic heterocycles. The SMILES string of the molecule is CCCCCCCCCC(=CC(=O)N(C)C)CCCCCCCCC=CCCCCCCCC(=O)OC. The molecular formula is C33H61NO3. The number of carbonyl (C=O) groups is 2. The van der Waals surface area contributed by atoms with E-state index in [9.17, 15) is 9.59 Å². The molecule has 0 rings (SSSR count). The predicted octanol–water partition coefficient (Wildman–Crippen LogP) is 9.72. The van der Waals surface area contributed by atoms with Crippen molar-refractivity contribution in [3.8, 4) is 0 Å². The summed E-state index contributed by atoms with van der Waals surface area (Å²) in [5, 5.41) is 0. The highest BCUT2D eigenvalue weighted by Crippen LogP contribution is 2.19. The molecule has 37 heavy (non-hydrogen) atoms. The van der Waals surface area contributed by atoms with Gasteiger partial charge >= 0.3 is 5.97 Å². The van der Waals surface area contributed by atoms with Crippen LogP contribution in [0.5, 0.6) is 0 Å². The lowest BCUT2D eigenvalue weighted by molar-refractivity contribution is -0.140. The van der Waals surface area contributed by atoms with Crippen molar-refractivity contribution in [2.45, 2.75) is 155 Å². The van der Waals surface area contributed by atoms with Crippen molar-refractivity contribution in [3.63, 3.8) is 0 Å².